The average Bonchev–Trinajstić information content (AvgIpc) is 3.42. The molecule has 0 saturated heterocycles. The minimum absolute atomic E-state index is 0.0386. The van der Waals surface area contributed by atoms with E-state index in [1.165, 1.54) is 23.6 Å². The van der Waals surface area contributed by atoms with Gasteiger partial charge in [-0.15, -0.1) is 0 Å². The van der Waals surface area contributed by atoms with Gasteiger partial charge in [-0.2, -0.15) is 19.0 Å². The summed E-state index contributed by atoms with van der Waals surface area (Å²) in [5.74, 6) is -0.0163. The van der Waals surface area contributed by atoms with Crippen molar-refractivity contribution in [2.45, 2.75) is 71.1 Å². The molecule has 0 spiro atoms. The lowest BCUT2D eigenvalue weighted by atomic mass is 9.75. The van der Waals surface area contributed by atoms with E-state index < -0.39 is 30.1 Å². The summed E-state index contributed by atoms with van der Waals surface area (Å²) in [5.41, 5.74) is 7.69. The maximum atomic E-state index is 14.9. The van der Waals surface area contributed by atoms with Gasteiger partial charge in [-0.1, -0.05) is 62.7 Å². The molecule has 2 aromatic heterocycles. The highest BCUT2D eigenvalue weighted by Gasteiger charge is 2.53. The van der Waals surface area contributed by atoms with Gasteiger partial charge in [0.15, 0.2) is 17.3 Å². The first-order valence-electron chi connectivity index (χ1n) is 16.0. The number of rotatable bonds is 11. The number of guanidine groups is 1. The quantitative estimate of drug-likeness (QED) is 0.181. The summed E-state index contributed by atoms with van der Waals surface area (Å²) >= 11 is 6.56. The average molecular weight is 694 g/mol. The topological polar surface area (TPSA) is 148 Å². The number of halogens is 3. The normalized spacial score (nSPS) is 18.6. The van der Waals surface area contributed by atoms with E-state index in [-0.39, 0.29) is 24.0 Å². The smallest absolute Gasteiger partial charge is 0.410 e. The van der Waals surface area contributed by atoms with Gasteiger partial charge in [0.05, 0.1) is 17.3 Å². The number of aromatic nitrogens is 5. The highest BCUT2D eigenvalue weighted by Crippen LogP contribution is 2.45. The van der Waals surface area contributed by atoms with Crippen LogP contribution in [0.4, 0.5) is 13.6 Å². The third kappa shape index (κ3) is 6.87. The Morgan fingerprint density at radius 2 is 1.92 bits per heavy atom. The number of benzene rings is 2. The fourth-order valence-corrected chi connectivity index (χ4v) is 6.56. The molecule has 1 aliphatic carbocycles. The largest absolute Gasteiger partial charge is 0.447 e. The van der Waals surface area contributed by atoms with Crippen LogP contribution in [0.2, 0.25) is 5.02 Å². The monoisotopic (exact) mass is 693 g/mol. The summed E-state index contributed by atoms with van der Waals surface area (Å²) in [6, 6.07) is 11.4. The molecule has 2 aliphatic rings. The van der Waals surface area contributed by atoms with E-state index >= 15 is 0 Å². The molecular weight excluding hydrogens is 656 g/mol. The number of hydrogen-bond acceptors (Lipinski definition) is 8. The van der Waals surface area contributed by atoms with Crippen LogP contribution in [0.3, 0.4) is 0 Å². The lowest BCUT2D eigenvalue weighted by Crippen LogP contribution is -2.47. The minimum Gasteiger partial charge on any atom is -0.447 e. The Kier molecular flexibility index (Phi) is 9.18. The van der Waals surface area contributed by atoms with Crippen LogP contribution in [0, 0.1) is 5.41 Å². The molecule has 1 fully saturated rings. The van der Waals surface area contributed by atoms with Gasteiger partial charge in [-0.05, 0) is 60.4 Å². The number of aliphatic imine (C=N–C) groups is 1. The molecule has 0 radical (unpaired) electrons. The second kappa shape index (κ2) is 13.2. The van der Waals surface area contributed by atoms with Crippen molar-refractivity contribution in [3.63, 3.8) is 0 Å². The van der Waals surface area contributed by atoms with Gasteiger partial charge in [0.1, 0.15) is 12.9 Å². The Morgan fingerprint density at radius 1 is 1.18 bits per heavy atom. The van der Waals surface area contributed by atoms with Crippen molar-refractivity contribution in [1.29, 1.82) is 0 Å². The van der Waals surface area contributed by atoms with Crippen molar-refractivity contribution in [3.8, 4) is 22.5 Å². The highest BCUT2D eigenvalue weighted by molar-refractivity contribution is 6.33. The van der Waals surface area contributed by atoms with Gasteiger partial charge >= 0.3 is 12.6 Å². The number of aromatic amines is 1. The number of amides is 2. The van der Waals surface area contributed by atoms with E-state index in [0.717, 1.165) is 12.8 Å². The van der Waals surface area contributed by atoms with Crippen molar-refractivity contribution in [2.24, 2.45) is 16.1 Å². The first-order chi connectivity index (χ1) is 23.3. The van der Waals surface area contributed by atoms with Gasteiger partial charge in [0.25, 0.3) is 5.91 Å². The van der Waals surface area contributed by atoms with E-state index in [0.29, 0.717) is 56.3 Å². The summed E-state index contributed by atoms with van der Waals surface area (Å²) in [4.78, 5) is 40.4. The SMILES string of the molecule is CCN(C(=O)OC[C@H](c1ccc(Cl)c(-c2ncn[nH]2)c1)N1C(=O)[C@@](CC(C)(C)C)(c2ccc(-c3cnn(C(F)F)c3)cc2)N=C1N)C1CC1. The van der Waals surface area contributed by atoms with Gasteiger partial charge in [-0.3, -0.25) is 14.8 Å². The molecule has 1 saturated carbocycles. The lowest BCUT2D eigenvalue weighted by Gasteiger charge is -2.35. The van der Waals surface area contributed by atoms with Crippen LogP contribution in [0.5, 0.6) is 0 Å². The zero-order valence-corrected chi connectivity index (χ0v) is 28.4. The van der Waals surface area contributed by atoms with Crippen molar-refractivity contribution in [2.75, 3.05) is 13.2 Å². The first-order valence-corrected chi connectivity index (χ1v) is 16.4. The molecule has 0 bridgehead atoms. The predicted molar refractivity (Wildman–Crippen MR) is 179 cm³/mol. The van der Waals surface area contributed by atoms with Crippen LogP contribution >= 0.6 is 11.6 Å². The molecule has 258 valence electrons. The molecule has 49 heavy (non-hydrogen) atoms. The molecular formula is C34H38ClF2N9O3. The van der Waals surface area contributed by atoms with Gasteiger partial charge in [0, 0.05) is 29.9 Å². The predicted octanol–water partition coefficient (Wildman–Crippen LogP) is 6.53. The molecule has 3 heterocycles. The van der Waals surface area contributed by atoms with E-state index in [2.05, 4.69) is 20.3 Å². The molecule has 3 N–H and O–H groups in total. The Balaban J connectivity index is 1.39. The van der Waals surface area contributed by atoms with Gasteiger partial charge < -0.3 is 15.4 Å². The number of alkyl halides is 2. The van der Waals surface area contributed by atoms with Crippen molar-refractivity contribution >= 4 is 29.6 Å². The lowest BCUT2D eigenvalue weighted by molar-refractivity contribution is -0.135. The molecule has 12 nitrogen and oxygen atoms in total. The second-order valence-corrected chi connectivity index (χ2v) is 13.9. The summed E-state index contributed by atoms with van der Waals surface area (Å²) in [6.45, 7) is 5.42. The van der Waals surface area contributed by atoms with E-state index in [9.17, 15) is 18.4 Å². The Labute approximate surface area is 287 Å². The van der Waals surface area contributed by atoms with Gasteiger partial charge in [-0.25, -0.2) is 19.5 Å². The summed E-state index contributed by atoms with van der Waals surface area (Å²) in [6.07, 6.45) is 5.62. The van der Waals surface area contributed by atoms with E-state index in [1.807, 2.05) is 27.7 Å². The van der Waals surface area contributed by atoms with Crippen LogP contribution in [0.1, 0.15) is 70.7 Å². The molecule has 4 aromatic rings. The Bertz CT molecular complexity index is 1850. The number of carbonyl (C=O) groups excluding carboxylic acids is 2. The Hall–Kier alpha value is -4.85. The highest BCUT2D eigenvalue weighted by atomic mass is 35.5. The number of nitrogens with two attached hydrogens (primary N) is 1. The van der Waals surface area contributed by atoms with Crippen LogP contribution < -0.4 is 5.73 Å². The number of hydrogen-bond donors (Lipinski definition) is 2. The van der Waals surface area contributed by atoms with Crippen LogP contribution in [-0.4, -0.2) is 71.9 Å². The maximum Gasteiger partial charge on any atom is 0.410 e. The first kappa shape index (κ1) is 34.0. The number of H-pyrrole nitrogens is 1. The van der Waals surface area contributed by atoms with E-state index in [1.54, 1.807) is 47.4 Å². The standard InChI is InChI=1S/C34H38ClF2N9O3/c1-5-44(24-11-12-24)32(48)49-17-27(21-8-13-26(35)25(14-21)28-39-19-40-43-28)46-29(47)34(42-31(46)38,18-33(2,3)4)23-9-6-20(7-10-23)22-15-41-45(16-22)30(36)37/h6-10,13-16,19,24,27,30H,5,11-12,17-18H2,1-4H3,(H2,38,42)(H,39,40,43)/t27-,34-/m1/s1. The number of nitrogens with zero attached hydrogens (tertiary/aromatic N) is 7. The maximum absolute atomic E-state index is 14.9. The zero-order valence-electron chi connectivity index (χ0n) is 27.6. The van der Waals surface area contributed by atoms with E-state index in [4.69, 9.17) is 27.1 Å². The number of ether oxygens (including phenoxy) is 1. The van der Waals surface area contributed by atoms with Crippen molar-refractivity contribution < 1.29 is 23.1 Å². The van der Waals surface area contributed by atoms with Crippen molar-refractivity contribution in [3.05, 3.63) is 77.3 Å². The van der Waals surface area contributed by atoms with Crippen molar-refractivity contribution in [1.82, 2.24) is 34.8 Å². The number of nitrogens with one attached hydrogen (secondary N) is 1. The minimum atomic E-state index is -2.76. The zero-order chi connectivity index (χ0) is 35.1. The fraction of sp³-hybridized carbons (Fsp3) is 0.412. The third-order valence-corrected chi connectivity index (χ3v) is 9.02. The third-order valence-electron chi connectivity index (χ3n) is 8.69. The summed E-state index contributed by atoms with van der Waals surface area (Å²) in [5, 5.41) is 10.9. The molecule has 2 amide bonds. The summed E-state index contributed by atoms with van der Waals surface area (Å²) in [7, 11) is 0. The van der Waals surface area contributed by atoms with Crippen LogP contribution in [0.15, 0.2) is 66.2 Å². The molecule has 6 rings (SSSR count). The molecule has 2 atom stereocenters. The number of carbonyl (C=O) groups is 2. The van der Waals surface area contributed by atoms with Gasteiger partial charge in [0.2, 0.25) is 0 Å². The van der Waals surface area contributed by atoms with Crippen LogP contribution in [0.25, 0.3) is 22.5 Å². The second-order valence-electron chi connectivity index (χ2n) is 13.5. The molecule has 1 aliphatic heterocycles. The summed E-state index contributed by atoms with van der Waals surface area (Å²) < 4.78 is 32.8. The van der Waals surface area contributed by atoms with Crippen LogP contribution in [-0.2, 0) is 15.1 Å². The Morgan fingerprint density at radius 3 is 2.51 bits per heavy atom. The fourth-order valence-electron chi connectivity index (χ4n) is 6.35. The molecule has 15 heteroatoms. The molecule has 0 unspecified atom stereocenters. The molecule has 2 aromatic carbocycles.